The van der Waals surface area contributed by atoms with E-state index in [4.69, 9.17) is 0 Å². The Morgan fingerprint density at radius 1 is 1.35 bits per heavy atom. The summed E-state index contributed by atoms with van der Waals surface area (Å²) in [6, 6.07) is 5.39. The van der Waals surface area contributed by atoms with Crippen LogP contribution in [0.3, 0.4) is 0 Å². The van der Waals surface area contributed by atoms with Crippen molar-refractivity contribution in [3.8, 4) is 0 Å². The highest BCUT2D eigenvalue weighted by atomic mass is 19.1. The van der Waals surface area contributed by atoms with Crippen LogP contribution in [0.2, 0.25) is 0 Å². The van der Waals surface area contributed by atoms with Gasteiger partial charge in [0.2, 0.25) is 5.95 Å². The first-order valence-corrected chi connectivity index (χ1v) is 5.64. The van der Waals surface area contributed by atoms with E-state index in [9.17, 15) is 4.39 Å². The molecule has 0 amide bonds. The molecule has 0 aliphatic carbocycles. The lowest BCUT2D eigenvalue weighted by Crippen LogP contribution is -2.06. The highest BCUT2D eigenvalue weighted by Crippen LogP contribution is 2.21. The zero-order chi connectivity index (χ0) is 12.4. The van der Waals surface area contributed by atoms with Gasteiger partial charge >= 0.3 is 0 Å². The van der Waals surface area contributed by atoms with Crippen molar-refractivity contribution in [3.05, 3.63) is 42.0 Å². The number of nitrogens with zero attached hydrogens (tertiary/aromatic N) is 2. The molecule has 0 bridgehead atoms. The number of aryl methyl sites for hydroxylation is 1. The van der Waals surface area contributed by atoms with Crippen molar-refractivity contribution in [2.75, 3.05) is 5.32 Å². The highest BCUT2D eigenvalue weighted by molar-refractivity contribution is 5.55. The summed E-state index contributed by atoms with van der Waals surface area (Å²) in [4.78, 5) is 4.18. The summed E-state index contributed by atoms with van der Waals surface area (Å²) in [5.41, 5.74) is 1.35. The Hall–Kier alpha value is -1.84. The van der Waals surface area contributed by atoms with Crippen LogP contribution in [0, 0.1) is 12.7 Å². The van der Waals surface area contributed by atoms with Gasteiger partial charge in [-0.05, 0) is 38.5 Å². The Labute approximate surface area is 100 Å². The summed E-state index contributed by atoms with van der Waals surface area (Å²) >= 11 is 0. The molecular weight excluding hydrogens is 217 g/mol. The fourth-order valence-electron chi connectivity index (χ4n) is 1.67. The molecule has 0 fully saturated rings. The quantitative estimate of drug-likeness (QED) is 0.876. The van der Waals surface area contributed by atoms with Crippen molar-refractivity contribution in [2.45, 2.75) is 26.8 Å². The van der Waals surface area contributed by atoms with Crippen LogP contribution in [0.5, 0.6) is 0 Å². The molecule has 0 unspecified atom stereocenters. The molecule has 0 aliphatic rings. The molecule has 1 aromatic heterocycles. The Morgan fingerprint density at radius 3 is 2.76 bits per heavy atom. The van der Waals surface area contributed by atoms with E-state index in [2.05, 4.69) is 24.1 Å². The molecule has 0 aliphatic heterocycles. The SMILES string of the molecule is Cc1ccc(Nc2nccn2C(C)C)c(F)c1. The summed E-state index contributed by atoms with van der Waals surface area (Å²) in [5, 5.41) is 3.01. The third kappa shape index (κ3) is 2.46. The van der Waals surface area contributed by atoms with Crippen molar-refractivity contribution in [1.29, 1.82) is 0 Å². The molecular formula is C13H16FN3. The molecule has 0 saturated carbocycles. The molecule has 0 spiro atoms. The smallest absolute Gasteiger partial charge is 0.207 e. The standard InChI is InChI=1S/C13H16FN3/c1-9(2)17-7-6-15-13(17)16-12-5-4-10(3)8-11(12)14/h4-9H,1-3H3,(H,15,16). The molecule has 1 aromatic carbocycles. The summed E-state index contributed by atoms with van der Waals surface area (Å²) in [7, 11) is 0. The van der Waals surface area contributed by atoms with E-state index in [1.165, 1.54) is 6.07 Å². The molecule has 1 N–H and O–H groups in total. The van der Waals surface area contributed by atoms with E-state index < -0.39 is 0 Å². The molecule has 17 heavy (non-hydrogen) atoms. The fourth-order valence-corrected chi connectivity index (χ4v) is 1.67. The molecule has 1 heterocycles. The molecule has 2 aromatic rings. The maximum atomic E-state index is 13.7. The van der Waals surface area contributed by atoms with Gasteiger partial charge in [0.1, 0.15) is 5.82 Å². The number of anilines is 2. The number of hydrogen-bond donors (Lipinski definition) is 1. The van der Waals surface area contributed by atoms with Gasteiger partial charge in [0, 0.05) is 18.4 Å². The minimum absolute atomic E-state index is 0.261. The van der Waals surface area contributed by atoms with Gasteiger partial charge in [0.05, 0.1) is 5.69 Å². The fraction of sp³-hybridized carbons (Fsp3) is 0.308. The second-order valence-electron chi connectivity index (χ2n) is 4.36. The van der Waals surface area contributed by atoms with E-state index in [-0.39, 0.29) is 11.9 Å². The van der Waals surface area contributed by atoms with Gasteiger partial charge in [0.25, 0.3) is 0 Å². The van der Waals surface area contributed by atoms with Crippen molar-refractivity contribution in [1.82, 2.24) is 9.55 Å². The number of rotatable bonds is 3. The van der Waals surface area contributed by atoms with Crippen LogP contribution in [0.25, 0.3) is 0 Å². The molecule has 0 saturated heterocycles. The first-order chi connectivity index (χ1) is 8.08. The van der Waals surface area contributed by atoms with Crippen LogP contribution in [-0.2, 0) is 0 Å². The molecule has 4 heteroatoms. The number of nitrogens with one attached hydrogen (secondary N) is 1. The van der Waals surface area contributed by atoms with E-state index >= 15 is 0 Å². The zero-order valence-electron chi connectivity index (χ0n) is 10.2. The van der Waals surface area contributed by atoms with Crippen LogP contribution in [0.4, 0.5) is 16.0 Å². The van der Waals surface area contributed by atoms with Crippen LogP contribution >= 0.6 is 0 Å². The van der Waals surface area contributed by atoms with E-state index in [1.807, 2.05) is 23.8 Å². The van der Waals surface area contributed by atoms with E-state index in [0.29, 0.717) is 11.6 Å². The normalized spacial score (nSPS) is 10.9. The third-order valence-corrected chi connectivity index (χ3v) is 2.60. The Morgan fingerprint density at radius 2 is 2.12 bits per heavy atom. The van der Waals surface area contributed by atoms with Gasteiger partial charge in [-0.2, -0.15) is 0 Å². The summed E-state index contributed by atoms with van der Waals surface area (Å²) in [5.74, 6) is 0.394. The maximum Gasteiger partial charge on any atom is 0.207 e. The summed E-state index contributed by atoms with van der Waals surface area (Å²) in [6.07, 6.45) is 3.58. The van der Waals surface area contributed by atoms with E-state index in [0.717, 1.165) is 5.56 Å². The minimum atomic E-state index is -0.261. The molecule has 0 radical (unpaired) electrons. The highest BCUT2D eigenvalue weighted by Gasteiger charge is 2.08. The molecule has 3 nitrogen and oxygen atoms in total. The number of benzene rings is 1. The number of aromatic nitrogens is 2. The largest absolute Gasteiger partial charge is 0.323 e. The van der Waals surface area contributed by atoms with Crippen molar-refractivity contribution in [3.63, 3.8) is 0 Å². The van der Waals surface area contributed by atoms with Crippen molar-refractivity contribution >= 4 is 11.6 Å². The Balaban J connectivity index is 2.28. The Kier molecular flexibility index (Phi) is 3.13. The molecule has 0 atom stereocenters. The summed E-state index contributed by atoms with van der Waals surface area (Å²) < 4.78 is 15.6. The van der Waals surface area contributed by atoms with Gasteiger partial charge in [-0.1, -0.05) is 6.07 Å². The molecule has 90 valence electrons. The van der Waals surface area contributed by atoms with Gasteiger partial charge in [0.15, 0.2) is 0 Å². The number of hydrogen-bond acceptors (Lipinski definition) is 2. The average Bonchev–Trinajstić information content (AvgIpc) is 2.70. The predicted octanol–water partition coefficient (Wildman–Crippen LogP) is 3.66. The lowest BCUT2D eigenvalue weighted by atomic mass is 10.2. The van der Waals surface area contributed by atoms with Crippen LogP contribution < -0.4 is 5.32 Å². The lowest BCUT2D eigenvalue weighted by Gasteiger charge is -2.13. The number of imidazole rings is 1. The van der Waals surface area contributed by atoms with Crippen LogP contribution in [-0.4, -0.2) is 9.55 Å². The van der Waals surface area contributed by atoms with Crippen LogP contribution in [0.15, 0.2) is 30.6 Å². The maximum absolute atomic E-state index is 13.7. The van der Waals surface area contributed by atoms with Crippen molar-refractivity contribution < 1.29 is 4.39 Å². The van der Waals surface area contributed by atoms with Gasteiger partial charge < -0.3 is 9.88 Å². The van der Waals surface area contributed by atoms with Gasteiger partial charge in [-0.25, -0.2) is 9.37 Å². The van der Waals surface area contributed by atoms with Crippen molar-refractivity contribution in [2.24, 2.45) is 0 Å². The minimum Gasteiger partial charge on any atom is -0.323 e. The van der Waals surface area contributed by atoms with E-state index in [1.54, 1.807) is 12.3 Å². The monoisotopic (exact) mass is 233 g/mol. The lowest BCUT2D eigenvalue weighted by molar-refractivity contribution is 0.604. The molecule has 2 rings (SSSR count). The first-order valence-electron chi connectivity index (χ1n) is 5.64. The third-order valence-electron chi connectivity index (χ3n) is 2.60. The van der Waals surface area contributed by atoms with Gasteiger partial charge in [-0.15, -0.1) is 0 Å². The Bertz CT molecular complexity index is 517. The first kappa shape index (κ1) is 11.6. The number of halogens is 1. The summed E-state index contributed by atoms with van der Waals surface area (Å²) in [6.45, 7) is 5.97. The zero-order valence-corrected chi connectivity index (χ0v) is 10.2. The average molecular weight is 233 g/mol. The van der Waals surface area contributed by atoms with Crippen LogP contribution in [0.1, 0.15) is 25.5 Å². The second-order valence-corrected chi connectivity index (χ2v) is 4.36. The predicted molar refractivity (Wildman–Crippen MR) is 67.0 cm³/mol. The van der Waals surface area contributed by atoms with Gasteiger partial charge in [-0.3, -0.25) is 0 Å². The second kappa shape index (κ2) is 4.57. The topological polar surface area (TPSA) is 29.9 Å².